The van der Waals surface area contributed by atoms with E-state index in [1.54, 1.807) is 0 Å². The third-order valence-corrected chi connectivity index (χ3v) is 4.60. The van der Waals surface area contributed by atoms with Crippen molar-refractivity contribution < 1.29 is 0 Å². The highest BCUT2D eigenvalue weighted by Gasteiger charge is 2.38. The molecule has 1 aromatic heterocycles. The molecular weight excluding hydrogens is 246 g/mol. The summed E-state index contributed by atoms with van der Waals surface area (Å²) >= 11 is 6.36. The zero-order chi connectivity index (χ0) is 13.3. The molecule has 2 rings (SSSR count). The fourth-order valence-electron chi connectivity index (χ4n) is 2.74. The second-order valence-corrected chi connectivity index (χ2v) is 6.41. The van der Waals surface area contributed by atoms with E-state index in [1.807, 2.05) is 18.7 Å². The molecule has 0 radical (unpaired) electrons. The molecule has 1 fully saturated rings. The van der Waals surface area contributed by atoms with Gasteiger partial charge in [-0.15, -0.1) is 0 Å². The Kier molecular flexibility index (Phi) is 4.02. The topological polar surface area (TPSA) is 29.9 Å². The minimum atomic E-state index is 0.397. The van der Waals surface area contributed by atoms with Gasteiger partial charge in [-0.1, -0.05) is 31.9 Å². The van der Waals surface area contributed by atoms with E-state index in [0.717, 1.165) is 23.7 Å². The van der Waals surface area contributed by atoms with Crippen LogP contribution in [0, 0.1) is 12.3 Å². The molecule has 1 N–H and O–H groups in total. The zero-order valence-corrected chi connectivity index (χ0v) is 12.6. The van der Waals surface area contributed by atoms with Crippen LogP contribution in [0.25, 0.3) is 0 Å². The van der Waals surface area contributed by atoms with E-state index in [4.69, 9.17) is 11.6 Å². The molecule has 0 bridgehead atoms. The highest BCUT2D eigenvalue weighted by atomic mass is 35.5. The van der Waals surface area contributed by atoms with Crippen molar-refractivity contribution >= 4 is 11.6 Å². The fourth-order valence-corrected chi connectivity index (χ4v) is 2.97. The van der Waals surface area contributed by atoms with Gasteiger partial charge in [0.25, 0.3) is 0 Å². The van der Waals surface area contributed by atoms with Crippen molar-refractivity contribution in [1.82, 2.24) is 15.1 Å². The Labute approximate surface area is 115 Å². The van der Waals surface area contributed by atoms with Gasteiger partial charge in [0.2, 0.25) is 0 Å². The van der Waals surface area contributed by atoms with E-state index < -0.39 is 0 Å². The van der Waals surface area contributed by atoms with Crippen LogP contribution >= 0.6 is 11.6 Å². The molecule has 102 valence electrons. The van der Waals surface area contributed by atoms with E-state index in [2.05, 4.69) is 24.3 Å². The number of rotatable bonds is 5. The molecule has 1 aliphatic rings. The van der Waals surface area contributed by atoms with Gasteiger partial charge < -0.3 is 5.32 Å². The summed E-state index contributed by atoms with van der Waals surface area (Å²) in [7, 11) is 2.00. The van der Waals surface area contributed by atoms with Gasteiger partial charge in [0, 0.05) is 19.6 Å². The van der Waals surface area contributed by atoms with Gasteiger partial charge in [0.15, 0.2) is 0 Å². The SMILES string of the molecule is Cc1nn(C)c(CC2(CNC(C)C)CCC2)c1Cl. The van der Waals surface area contributed by atoms with Crippen molar-refractivity contribution in [2.24, 2.45) is 12.5 Å². The molecule has 1 aliphatic carbocycles. The highest BCUT2D eigenvalue weighted by molar-refractivity contribution is 6.31. The Hall–Kier alpha value is -0.540. The molecule has 0 aromatic carbocycles. The Morgan fingerprint density at radius 3 is 2.50 bits per heavy atom. The van der Waals surface area contributed by atoms with E-state index in [-0.39, 0.29) is 0 Å². The summed E-state index contributed by atoms with van der Waals surface area (Å²) in [5, 5.41) is 8.85. The normalized spacial score (nSPS) is 18.1. The predicted molar refractivity (Wildman–Crippen MR) is 76.1 cm³/mol. The monoisotopic (exact) mass is 269 g/mol. The van der Waals surface area contributed by atoms with Crippen LogP contribution in [0.2, 0.25) is 5.02 Å². The van der Waals surface area contributed by atoms with Crippen molar-refractivity contribution in [3.63, 3.8) is 0 Å². The van der Waals surface area contributed by atoms with Crippen LogP contribution in [-0.4, -0.2) is 22.4 Å². The van der Waals surface area contributed by atoms with Crippen molar-refractivity contribution in [2.45, 2.75) is 52.5 Å². The minimum absolute atomic E-state index is 0.397. The maximum Gasteiger partial charge on any atom is 0.0847 e. The molecule has 0 amide bonds. The number of hydrogen-bond acceptors (Lipinski definition) is 2. The van der Waals surface area contributed by atoms with Gasteiger partial charge in [0.1, 0.15) is 0 Å². The lowest BCUT2D eigenvalue weighted by atomic mass is 9.66. The number of hydrogen-bond donors (Lipinski definition) is 1. The number of aromatic nitrogens is 2. The van der Waals surface area contributed by atoms with E-state index in [9.17, 15) is 0 Å². The molecule has 0 unspecified atom stereocenters. The second-order valence-electron chi connectivity index (χ2n) is 6.04. The van der Waals surface area contributed by atoms with E-state index in [0.29, 0.717) is 11.5 Å². The lowest BCUT2D eigenvalue weighted by molar-refractivity contribution is 0.124. The zero-order valence-electron chi connectivity index (χ0n) is 11.9. The van der Waals surface area contributed by atoms with Crippen LogP contribution in [-0.2, 0) is 13.5 Å². The largest absolute Gasteiger partial charge is 0.314 e. The lowest BCUT2D eigenvalue weighted by Crippen LogP contribution is -2.44. The van der Waals surface area contributed by atoms with Gasteiger partial charge in [-0.3, -0.25) is 4.68 Å². The van der Waals surface area contributed by atoms with Crippen molar-refractivity contribution in [1.29, 1.82) is 0 Å². The predicted octanol–water partition coefficient (Wildman–Crippen LogP) is 3.09. The summed E-state index contributed by atoms with van der Waals surface area (Å²) in [4.78, 5) is 0. The molecule has 0 spiro atoms. The minimum Gasteiger partial charge on any atom is -0.314 e. The standard InChI is InChI=1S/C14H24ClN3/c1-10(2)16-9-14(6-5-7-14)8-12-13(15)11(3)17-18(12)4/h10,16H,5-9H2,1-4H3. The van der Waals surface area contributed by atoms with Gasteiger partial charge >= 0.3 is 0 Å². The lowest BCUT2D eigenvalue weighted by Gasteiger charge is -2.43. The highest BCUT2D eigenvalue weighted by Crippen LogP contribution is 2.44. The Morgan fingerprint density at radius 1 is 1.44 bits per heavy atom. The molecule has 4 heteroatoms. The van der Waals surface area contributed by atoms with Crippen molar-refractivity contribution in [3.05, 3.63) is 16.4 Å². The van der Waals surface area contributed by atoms with Crippen LogP contribution < -0.4 is 5.32 Å². The third kappa shape index (κ3) is 2.72. The smallest absolute Gasteiger partial charge is 0.0847 e. The van der Waals surface area contributed by atoms with Gasteiger partial charge in [-0.2, -0.15) is 5.10 Å². The first-order valence-electron chi connectivity index (χ1n) is 6.85. The molecule has 1 heterocycles. The Balaban J connectivity index is 2.10. The summed E-state index contributed by atoms with van der Waals surface area (Å²) in [6.07, 6.45) is 4.98. The number of aryl methyl sites for hydroxylation is 2. The average Bonchev–Trinajstić information content (AvgIpc) is 2.47. The first-order valence-corrected chi connectivity index (χ1v) is 7.23. The summed E-state index contributed by atoms with van der Waals surface area (Å²) in [6, 6.07) is 0.547. The Bertz CT molecular complexity index is 419. The molecule has 3 nitrogen and oxygen atoms in total. The summed E-state index contributed by atoms with van der Waals surface area (Å²) in [6.45, 7) is 7.47. The first kappa shape index (κ1) is 13.9. The third-order valence-electron chi connectivity index (χ3n) is 4.10. The number of halogens is 1. The molecular formula is C14H24ClN3. The molecule has 1 saturated carbocycles. The molecule has 0 atom stereocenters. The van der Waals surface area contributed by atoms with Gasteiger partial charge in [-0.25, -0.2) is 0 Å². The van der Waals surface area contributed by atoms with Crippen LogP contribution in [0.5, 0.6) is 0 Å². The summed E-state index contributed by atoms with van der Waals surface area (Å²) in [5.41, 5.74) is 2.54. The van der Waals surface area contributed by atoms with E-state index >= 15 is 0 Å². The van der Waals surface area contributed by atoms with Crippen LogP contribution in [0.4, 0.5) is 0 Å². The summed E-state index contributed by atoms with van der Waals surface area (Å²) in [5.74, 6) is 0. The average molecular weight is 270 g/mol. The van der Waals surface area contributed by atoms with E-state index in [1.165, 1.54) is 25.0 Å². The number of nitrogens with zero attached hydrogens (tertiary/aromatic N) is 2. The first-order chi connectivity index (χ1) is 8.43. The van der Waals surface area contributed by atoms with Crippen LogP contribution in [0.3, 0.4) is 0 Å². The van der Waals surface area contributed by atoms with Gasteiger partial charge in [0.05, 0.1) is 16.4 Å². The quantitative estimate of drug-likeness (QED) is 0.890. The molecule has 1 aromatic rings. The van der Waals surface area contributed by atoms with Crippen LogP contribution in [0.1, 0.15) is 44.5 Å². The fraction of sp³-hybridized carbons (Fsp3) is 0.786. The summed E-state index contributed by atoms with van der Waals surface area (Å²) < 4.78 is 1.95. The second kappa shape index (κ2) is 5.22. The maximum atomic E-state index is 6.36. The molecule has 18 heavy (non-hydrogen) atoms. The van der Waals surface area contributed by atoms with Crippen LogP contribution in [0.15, 0.2) is 0 Å². The Morgan fingerprint density at radius 2 is 2.11 bits per heavy atom. The van der Waals surface area contributed by atoms with Crippen molar-refractivity contribution in [3.8, 4) is 0 Å². The molecule has 0 aliphatic heterocycles. The molecule has 0 saturated heterocycles. The number of nitrogens with one attached hydrogen (secondary N) is 1. The maximum absolute atomic E-state index is 6.36. The van der Waals surface area contributed by atoms with Gasteiger partial charge in [-0.05, 0) is 31.6 Å². The van der Waals surface area contributed by atoms with Crippen molar-refractivity contribution in [2.75, 3.05) is 6.54 Å².